The quantitative estimate of drug-likeness (QED) is 0.720. The van der Waals surface area contributed by atoms with E-state index in [9.17, 15) is 13.2 Å². The number of nitrogens with one attached hydrogen (secondary N) is 1. The molecule has 1 saturated heterocycles. The summed E-state index contributed by atoms with van der Waals surface area (Å²) in [5.74, 6) is -0.718. The van der Waals surface area contributed by atoms with Crippen LogP contribution in [0.5, 0.6) is 0 Å². The molecule has 0 saturated carbocycles. The van der Waals surface area contributed by atoms with Gasteiger partial charge in [0.2, 0.25) is 10.0 Å². The highest BCUT2D eigenvalue weighted by Gasteiger charge is 2.23. The summed E-state index contributed by atoms with van der Waals surface area (Å²) in [6.07, 6.45) is 1.55. The second kappa shape index (κ2) is 8.31. The van der Waals surface area contributed by atoms with E-state index < -0.39 is 16.0 Å². The molecule has 1 atom stereocenters. The third-order valence-corrected chi connectivity index (χ3v) is 5.36. The van der Waals surface area contributed by atoms with Gasteiger partial charge >= 0.3 is 5.97 Å². The smallest absolute Gasteiger partial charge is 0.338 e. The van der Waals surface area contributed by atoms with Gasteiger partial charge in [0.05, 0.1) is 16.7 Å². The molecule has 9 heteroatoms. The Morgan fingerprint density at radius 1 is 1.46 bits per heavy atom. The number of sulfonamides is 1. The number of carbonyl (C=O) groups is 1. The van der Waals surface area contributed by atoms with Crippen LogP contribution in [0.3, 0.4) is 0 Å². The second-order valence-electron chi connectivity index (χ2n) is 5.23. The van der Waals surface area contributed by atoms with E-state index in [-0.39, 0.29) is 39.8 Å². The van der Waals surface area contributed by atoms with Crippen LogP contribution in [0.2, 0.25) is 5.02 Å². The zero-order valence-electron chi connectivity index (χ0n) is 12.8. The van der Waals surface area contributed by atoms with Gasteiger partial charge in [-0.25, -0.2) is 17.9 Å². The first-order chi connectivity index (χ1) is 11.3. The van der Waals surface area contributed by atoms with E-state index in [2.05, 4.69) is 11.3 Å². The first-order valence-corrected chi connectivity index (χ1v) is 9.45. The predicted octanol–water partition coefficient (Wildman–Crippen LogP) is 2.71. The number of carbonyl (C=O) groups excluding carboxylic acids is 1. The molecule has 0 bridgehead atoms. The second-order valence-corrected chi connectivity index (χ2v) is 7.90. The van der Waals surface area contributed by atoms with Crippen molar-refractivity contribution in [1.82, 2.24) is 4.72 Å². The largest absolute Gasteiger partial charge is 0.456 e. The molecule has 6 nitrogen and oxygen atoms in total. The van der Waals surface area contributed by atoms with Crippen molar-refractivity contribution in [2.24, 2.45) is 0 Å². The Labute approximate surface area is 150 Å². The van der Waals surface area contributed by atoms with Gasteiger partial charge in [0, 0.05) is 18.2 Å². The molecule has 1 aromatic carbocycles. The summed E-state index contributed by atoms with van der Waals surface area (Å²) in [5, 5.41) is 0.163. The van der Waals surface area contributed by atoms with Gasteiger partial charge in [-0.2, -0.15) is 0 Å². The lowest BCUT2D eigenvalue weighted by Gasteiger charge is -2.13. The summed E-state index contributed by atoms with van der Waals surface area (Å²) in [6.45, 7) is 4.02. The van der Waals surface area contributed by atoms with E-state index in [1.54, 1.807) is 0 Å². The summed E-state index contributed by atoms with van der Waals surface area (Å²) in [7, 11) is -3.88. The number of benzene rings is 1. The van der Waals surface area contributed by atoms with Crippen molar-refractivity contribution in [3.8, 4) is 0 Å². The number of ether oxygens (including phenoxy) is 2. The molecule has 0 aromatic heterocycles. The van der Waals surface area contributed by atoms with Crippen molar-refractivity contribution in [2.45, 2.75) is 23.8 Å². The Bertz CT molecular complexity index is 729. The third-order valence-electron chi connectivity index (χ3n) is 3.34. The standard InChI is InChI=1S/C15H17Cl2NO5S/c1-10(16)9-23-15(19)11-4-5-13(17)14(7-11)24(20,21)18-8-12-3-2-6-22-12/h4-5,7,12,18H,1-3,6,8-9H2. The van der Waals surface area contributed by atoms with Crippen LogP contribution >= 0.6 is 23.2 Å². The fraction of sp³-hybridized carbons (Fsp3) is 0.400. The van der Waals surface area contributed by atoms with Crippen LogP contribution in [-0.4, -0.2) is 40.2 Å². The Kier molecular flexibility index (Phi) is 6.65. The maximum Gasteiger partial charge on any atom is 0.338 e. The van der Waals surface area contributed by atoms with E-state index >= 15 is 0 Å². The minimum Gasteiger partial charge on any atom is -0.456 e. The molecule has 0 radical (unpaired) electrons. The van der Waals surface area contributed by atoms with Crippen molar-refractivity contribution in [2.75, 3.05) is 19.8 Å². The lowest BCUT2D eigenvalue weighted by Crippen LogP contribution is -2.32. The van der Waals surface area contributed by atoms with Crippen molar-refractivity contribution < 1.29 is 22.7 Å². The Morgan fingerprint density at radius 2 is 2.21 bits per heavy atom. The van der Waals surface area contributed by atoms with Crippen molar-refractivity contribution in [1.29, 1.82) is 0 Å². The van der Waals surface area contributed by atoms with Gasteiger partial charge in [-0.05, 0) is 31.0 Å². The van der Waals surface area contributed by atoms with E-state index in [0.29, 0.717) is 6.61 Å². The maximum atomic E-state index is 12.4. The predicted molar refractivity (Wildman–Crippen MR) is 90.9 cm³/mol. The van der Waals surface area contributed by atoms with Gasteiger partial charge in [-0.3, -0.25) is 0 Å². The monoisotopic (exact) mass is 393 g/mol. The third kappa shape index (κ3) is 5.19. The fourth-order valence-corrected chi connectivity index (χ4v) is 3.79. The van der Waals surface area contributed by atoms with E-state index in [1.807, 2.05) is 0 Å². The normalized spacial score (nSPS) is 17.7. The summed E-state index contributed by atoms with van der Waals surface area (Å²) in [4.78, 5) is 11.7. The molecule has 1 aliphatic rings. The first-order valence-electron chi connectivity index (χ1n) is 7.21. The molecule has 0 spiro atoms. The Morgan fingerprint density at radius 3 is 2.83 bits per heavy atom. The average Bonchev–Trinajstić information content (AvgIpc) is 3.04. The number of halogens is 2. The summed E-state index contributed by atoms with van der Waals surface area (Å²) in [6, 6.07) is 3.87. The maximum absolute atomic E-state index is 12.4. The topological polar surface area (TPSA) is 81.7 Å². The number of hydrogen-bond donors (Lipinski definition) is 1. The highest BCUT2D eigenvalue weighted by molar-refractivity contribution is 7.89. The van der Waals surface area contributed by atoms with Crippen molar-refractivity contribution >= 4 is 39.2 Å². The van der Waals surface area contributed by atoms with Gasteiger partial charge < -0.3 is 9.47 Å². The van der Waals surface area contributed by atoms with Crippen LogP contribution < -0.4 is 4.72 Å². The number of hydrogen-bond acceptors (Lipinski definition) is 5. The zero-order chi connectivity index (χ0) is 17.7. The highest BCUT2D eigenvalue weighted by atomic mass is 35.5. The van der Waals surface area contributed by atoms with E-state index in [4.69, 9.17) is 32.7 Å². The minimum atomic E-state index is -3.88. The Balaban J connectivity index is 2.14. The van der Waals surface area contributed by atoms with Gasteiger partial charge in [0.15, 0.2) is 0 Å². The molecule has 2 rings (SSSR count). The summed E-state index contributed by atoms with van der Waals surface area (Å²) < 4.78 is 37.5. The minimum absolute atomic E-state index is 0.00754. The van der Waals surface area contributed by atoms with Crippen molar-refractivity contribution in [3.63, 3.8) is 0 Å². The molecule has 1 unspecified atom stereocenters. The molecule has 0 aliphatic carbocycles. The van der Waals surface area contributed by atoms with Crippen LogP contribution in [0.15, 0.2) is 34.7 Å². The SMILES string of the molecule is C=C(Cl)COC(=O)c1ccc(Cl)c(S(=O)(=O)NCC2CCCO2)c1. The van der Waals surface area contributed by atoms with Crippen LogP contribution in [-0.2, 0) is 19.5 Å². The molecule has 1 aromatic rings. The average molecular weight is 394 g/mol. The number of rotatable bonds is 7. The van der Waals surface area contributed by atoms with Gasteiger partial charge in [0.25, 0.3) is 0 Å². The fourth-order valence-electron chi connectivity index (χ4n) is 2.15. The molecule has 1 fully saturated rings. The lowest BCUT2D eigenvalue weighted by molar-refractivity contribution is 0.0546. The zero-order valence-corrected chi connectivity index (χ0v) is 15.1. The molecule has 1 N–H and O–H groups in total. The molecular formula is C15H17Cl2NO5S. The highest BCUT2D eigenvalue weighted by Crippen LogP contribution is 2.23. The lowest BCUT2D eigenvalue weighted by atomic mass is 10.2. The first kappa shape index (κ1) is 19.2. The number of esters is 1. The van der Waals surface area contributed by atoms with Crippen LogP contribution in [0.1, 0.15) is 23.2 Å². The van der Waals surface area contributed by atoms with Gasteiger partial charge in [-0.1, -0.05) is 29.8 Å². The summed E-state index contributed by atoms with van der Waals surface area (Å²) in [5.41, 5.74) is 0.0507. The molecule has 24 heavy (non-hydrogen) atoms. The molecule has 132 valence electrons. The van der Waals surface area contributed by atoms with E-state index in [0.717, 1.165) is 12.8 Å². The Hall–Kier alpha value is -1.12. The summed E-state index contributed by atoms with van der Waals surface area (Å²) >= 11 is 11.5. The molecule has 1 aliphatic heterocycles. The van der Waals surface area contributed by atoms with Crippen molar-refractivity contribution in [3.05, 3.63) is 40.4 Å². The van der Waals surface area contributed by atoms with E-state index in [1.165, 1.54) is 18.2 Å². The van der Waals surface area contributed by atoms with Crippen LogP contribution in [0.25, 0.3) is 0 Å². The molecule has 1 heterocycles. The molecule has 0 amide bonds. The van der Waals surface area contributed by atoms with Gasteiger partial charge in [-0.15, -0.1) is 0 Å². The van der Waals surface area contributed by atoms with Crippen LogP contribution in [0, 0.1) is 0 Å². The van der Waals surface area contributed by atoms with Gasteiger partial charge in [0.1, 0.15) is 11.5 Å². The molecular weight excluding hydrogens is 377 g/mol. The van der Waals surface area contributed by atoms with Crippen LogP contribution in [0.4, 0.5) is 0 Å².